The molecule has 0 N–H and O–H groups in total. The average Bonchev–Trinajstić information content (AvgIpc) is 2.57. The van der Waals surface area contributed by atoms with Gasteiger partial charge in [0.1, 0.15) is 4.88 Å². The lowest BCUT2D eigenvalue weighted by Gasteiger charge is -2.23. The van der Waals surface area contributed by atoms with Gasteiger partial charge in [0, 0.05) is 19.1 Å². The highest BCUT2D eigenvalue weighted by molar-refractivity contribution is 7.13. The largest absolute Gasteiger partial charge is 0.338 e. The Kier molecular flexibility index (Phi) is 4.58. The van der Waals surface area contributed by atoms with Crippen LogP contribution in [-0.2, 0) is 0 Å². The summed E-state index contributed by atoms with van der Waals surface area (Å²) in [7, 11) is 4.25. The second-order valence-corrected chi connectivity index (χ2v) is 6.69. The molecule has 1 saturated heterocycles. The predicted octanol–water partition coefficient (Wildman–Crippen LogP) is 2.32. The molecule has 0 saturated carbocycles. The van der Waals surface area contributed by atoms with E-state index in [1.54, 1.807) is 0 Å². The zero-order valence-electron chi connectivity index (χ0n) is 12.3. The summed E-state index contributed by atoms with van der Waals surface area (Å²) in [6.45, 7) is 5.62. The molecular formula is C14H23N3OS. The quantitative estimate of drug-likeness (QED) is 0.834. The van der Waals surface area contributed by atoms with Crippen LogP contribution < -0.4 is 0 Å². The van der Waals surface area contributed by atoms with Crippen LogP contribution in [-0.4, -0.2) is 53.9 Å². The lowest BCUT2D eigenvalue weighted by atomic mass is 10.1. The number of carbonyl (C=O) groups is 1. The smallest absolute Gasteiger partial charge is 0.265 e. The normalized spacial score (nSPS) is 20.7. The lowest BCUT2D eigenvalue weighted by molar-refractivity contribution is 0.0762. The van der Waals surface area contributed by atoms with Crippen molar-refractivity contribution in [2.45, 2.75) is 39.2 Å². The van der Waals surface area contributed by atoms with Crippen LogP contribution in [0.25, 0.3) is 0 Å². The molecule has 0 unspecified atom stereocenters. The van der Waals surface area contributed by atoms with Crippen LogP contribution in [0.4, 0.5) is 0 Å². The summed E-state index contributed by atoms with van der Waals surface area (Å²) in [6, 6.07) is 0.599. The van der Waals surface area contributed by atoms with Gasteiger partial charge in [-0.25, -0.2) is 4.98 Å². The van der Waals surface area contributed by atoms with E-state index in [2.05, 4.69) is 24.0 Å². The Hall–Kier alpha value is -0.940. The molecule has 1 fully saturated rings. The van der Waals surface area contributed by atoms with Gasteiger partial charge in [0.2, 0.25) is 0 Å². The van der Waals surface area contributed by atoms with E-state index >= 15 is 0 Å². The molecule has 0 spiro atoms. The number of hydrogen-bond donors (Lipinski definition) is 0. The molecule has 1 aromatic heterocycles. The van der Waals surface area contributed by atoms with Crippen molar-refractivity contribution in [2.24, 2.45) is 0 Å². The Morgan fingerprint density at radius 2 is 2.05 bits per heavy atom. The summed E-state index contributed by atoms with van der Waals surface area (Å²) < 4.78 is 0. The minimum atomic E-state index is 0.169. The second-order valence-electron chi connectivity index (χ2n) is 5.49. The van der Waals surface area contributed by atoms with Crippen molar-refractivity contribution in [3.63, 3.8) is 0 Å². The molecule has 0 aliphatic carbocycles. The summed E-state index contributed by atoms with van der Waals surface area (Å²) in [4.78, 5) is 22.0. The maximum absolute atomic E-state index is 12.5. The van der Waals surface area contributed by atoms with Crippen LogP contribution in [0, 0.1) is 13.8 Å². The maximum Gasteiger partial charge on any atom is 0.265 e. The maximum atomic E-state index is 12.5. The van der Waals surface area contributed by atoms with Crippen molar-refractivity contribution < 1.29 is 4.79 Å². The number of aromatic nitrogens is 1. The van der Waals surface area contributed by atoms with Crippen molar-refractivity contribution in [3.05, 3.63) is 15.6 Å². The van der Waals surface area contributed by atoms with Crippen molar-refractivity contribution in [1.82, 2.24) is 14.8 Å². The molecule has 1 aromatic rings. The molecule has 1 aliphatic rings. The number of amides is 1. The highest BCUT2D eigenvalue weighted by Gasteiger charge is 2.24. The van der Waals surface area contributed by atoms with Gasteiger partial charge in [0.15, 0.2) is 0 Å². The minimum Gasteiger partial charge on any atom is -0.338 e. The first-order chi connectivity index (χ1) is 8.99. The van der Waals surface area contributed by atoms with Crippen molar-refractivity contribution in [3.8, 4) is 0 Å². The van der Waals surface area contributed by atoms with Crippen LogP contribution in [0.1, 0.15) is 39.6 Å². The number of carbonyl (C=O) groups excluding carboxylic acids is 1. The monoisotopic (exact) mass is 281 g/mol. The summed E-state index contributed by atoms with van der Waals surface area (Å²) >= 11 is 1.52. The van der Waals surface area contributed by atoms with Crippen molar-refractivity contribution >= 4 is 17.2 Å². The molecule has 106 valence electrons. The third kappa shape index (κ3) is 3.34. The van der Waals surface area contributed by atoms with Gasteiger partial charge in [-0.15, -0.1) is 11.3 Å². The van der Waals surface area contributed by atoms with Crippen LogP contribution in [0.2, 0.25) is 0 Å². The van der Waals surface area contributed by atoms with Gasteiger partial charge in [0.25, 0.3) is 5.91 Å². The van der Waals surface area contributed by atoms with Gasteiger partial charge in [-0.1, -0.05) is 0 Å². The number of thiazole rings is 1. The zero-order chi connectivity index (χ0) is 14.0. The molecule has 0 aromatic carbocycles. The Morgan fingerprint density at radius 1 is 1.32 bits per heavy atom. The van der Waals surface area contributed by atoms with E-state index in [0.29, 0.717) is 6.04 Å². The third-order valence-corrected chi connectivity index (χ3v) is 4.87. The summed E-state index contributed by atoms with van der Waals surface area (Å²) in [6.07, 6.45) is 3.33. The summed E-state index contributed by atoms with van der Waals surface area (Å²) in [5, 5.41) is 0.974. The van der Waals surface area contributed by atoms with E-state index in [-0.39, 0.29) is 5.91 Å². The Labute approximate surface area is 119 Å². The van der Waals surface area contributed by atoms with Crippen molar-refractivity contribution in [2.75, 3.05) is 27.2 Å². The van der Waals surface area contributed by atoms with E-state index < -0.39 is 0 Å². The summed E-state index contributed by atoms with van der Waals surface area (Å²) in [5.41, 5.74) is 0.876. The van der Waals surface area contributed by atoms with Gasteiger partial charge in [0.05, 0.1) is 10.7 Å². The molecule has 0 radical (unpaired) electrons. The number of likely N-dealkylation sites (tertiary alicyclic amines) is 1. The summed E-state index contributed by atoms with van der Waals surface area (Å²) in [5.74, 6) is 0.169. The molecule has 1 atom stereocenters. The number of hydrogen-bond acceptors (Lipinski definition) is 4. The third-order valence-electron chi connectivity index (χ3n) is 3.81. The first kappa shape index (κ1) is 14.5. The SMILES string of the molecule is Cc1nc(C)c(C(=O)N2CCC[C@H](N(C)C)CC2)s1. The Balaban J connectivity index is 2.06. The Bertz CT molecular complexity index is 456. The average molecular weight is 281 g/mol. The van der Waals surface area contributed by atoms with Crippen LogP contribution in [0.15, 0.2) is 0 Å². The molecule has 2 heterocycles. The van der Waals surface area contributed by atoms with E-state index in [1.807, 2.05) is 18.7 Å². The fraction of sp³-hybridized carbons (Fsp3) is 0.714. The van der Waals surface area contributed by atoms with Gasteiger partial charge in [-0.05, 0) is 47.2 Å². The van der Waals surface area contributed by atoms with E-state index in [1.165, 1.54) is 17.8 Å². The van der Waals surface area contributed by atoms with E-state index in [4.69, 9.17) is 0 Å². The molecule has 1 aliphatic heterocycles. The number of aryl methyl sites for hydroxylation is 2. The lowest BCUT2D eigenvalue weighted by Crippen LogP contribution is -2.33. The zero-order valence-corrected chi connectivity index (χ0v) is 13.1. The van der Waals surface area contributed by atoms with Crippen molar-refractivity contribution in [1.29, 1.82) is 0 Å². The van der Waals surface area contributed by atoms with Gasteiger partial charge in [-0.2, -0.15) is 0 Å². The highest BCUT2D eigenvalue weighted by Crippen LogP contribution is 2.22. The first-order valence-electron chi connectivity index (χ1n) is 6.88. The van der Waals surface area contributed by atoms with E-state index in [9.17, 15) is 4.79 Å². The predicted molar refractivity (Wildman–Crippen MR) is 78.8 cm³/mol. The highest BCUT2D eigenvalue weighted by atomic mass is 32.1. The fourth-order valence-corrected chi connectivity index (χ4v) is 3.56. The van der Waals surface area contributed by atoms with Gasteiger partial charge >= 0.3 is 0 Å². The molecule has 1 amide bonds. The first-order valence-corrected chi connectivity index (χ1v) is 7.70. The molecule has 19 heavy (non-hydrogen) atoms. The Morgan fingerprint density at radius 3 is 2.63 bits per heavy atom. The minimum absolute atomic E-state index is 0.169. The molecule has 5 heteroatoms. The molecule has 2 rings (SSSR count). The van der Waals surface area contributed by atoms with E-state index in [0.717, 1.165) is 41.5 Å². The van der Waals surface area contributed by atoms with Gasteiger partial charge in [-0.3, -0.25) is 4.79 Å². The van der Waals surface area contributed by atoms with Crippen LogP contribution in [0.5, 0.6) is 0 Å². The molecule has 0 bridgehead atoms. The molecule has 4 nitrogen and oxygen atoms in total. The van der Waals surface area contributed by atoms with Crippen LogP contribution >= 0.6 is 11.3 Å². The topological polar surface area (TPSA) is 36.4 Å². The number of nitrogens with zero attached hydrogens (tertiary/aromatic N) is 3. The second kappa shape index (κ2) is 6.01. The standard InChI is InChI=1S/C14H23N3OS/c1-10-13(19-11(2)15-10)14(18)17-8-5-6-12(7-9-17)16(3)4/h12H,5-9H2,1-4H3/t12-/m0/s1. The molecular weight excluding hydrogens is 258 g/mol. The van der Waals surface area contributed by atoms with Crippen LogP contribution in [0.3, 0.4) is 0 Å². The van der Waals surface area contributed by atoms with Gasteiger partial charge < -0.3 is 9.80 Å². The fourth-order valence-electron chi connectivity index (χ4n) is 2.67. The number of rotatable bonds is 2.